The van der Waals surface area contributed by atoms with E-state index in [0.717, 1.165) is 16.5 Å². The Labute approximate surface area is 128 Å². The molecule has 2 atom stereocenters. The van der Waals surface area contributed by atoms with Crippen molar-refractivity contribution in [3.05, 3.63) is 69.9 Å². The third-order valence-corrected chi connectivity index (χ3v) is 3.97. The minimum Gasteiger partial charge on any atom is -0.303 e. The highest BCUT2D eigenvalue weighted by atomic mass is 79.9. The molecule has 2 aromatic carbocycles. The van der Waals surface area contributed by atoms with E-state index in [1.807, 2.05) is 24.3 Å². The summed E-state index contributed by atoms with van der Waals surface area (Å²) in [7, 11) is 0. The summed E-state index contributed by atoms with van der Waals surface area (Å²) in [5, 5.41) is 3.60. The van der Waals surface area contributed by atoms with Gasteiger partial charge in [-0.1, -0.05) is 47.1 Å². The fourth-order valence-electron chi connectivity index (χ4n) is 2.32. The zero-order valence-corrected chi connectivity index (χ0v) is 13.3. The fourth-order valence-corrected chi connectivity index (χ4v) is 2.74. The molecule has 0 saturated heterocycles. The summed E-state index contributed by atoms with van der Waals surface area (Å²) < 4.78 is 14.1. The summed E-state index contributed by atoms with van der Waals surface area (Å²) in [6.07, 6.45) is 1.00. The molecule has 2 aromatic rings. The number of hydrogen-bond donors (Lipinski definition) is 1. The molecule has 0 bridgehead atoms. The second-order valence-electron chi connectivity index (χ2n) is 4.96. The van der Waals surface area contributed by atoms with Gasteiger partial charge in [0.2, 0.25) is 0 Å². The molecule has 1 unspecified atom stereocenters. The molecule has 0 radical (unpaired) electrons. The van der Waals surface area contributed by atoms with Gasteiger partial charge in [-0.25, -0.2) is 4.39 Å². The Balaban J connectivity index is 2.11. The molecule has 3 heteroatoms. The minimum atomic E-state index is -0.194. The average Bonchev–Trinajstić information content (AvgIpc) is 2.45. The molecule has 2 rings (SSSR count). The Morgan fingerprint density at radius 1 is 1.10 bits per heavy atom. The molecule has 0 heterocycles. The van der Waals surface area contributed by atoms with Crippen molar-refractivity contribution in [3.63, 3.8) is 0 Å². The van der Waals surface area contributed by atoms with E-state index < -0.39 is 0 Å². The first-order chi connectivity index (χ1) is 9.60. The molecule has 0 fully saturated rings. The summed E-state index contributed by atoms with van der Waals surface area (Å²) in [6, 6.07) is 15.5. The molecular weight excluding hydrogens is 317 g/mol. The maximum atomic E-state index is 13.0. The molecule has 0 saturated carbocycles. The molecule has 0 aromatic heterocycles. The first-order valence-electron chi connectivity index (χ1n) is 6.87. The van der Waals surface area contributed by atoms with E-state index in [9.17, 15) is 4.39 Å². The normalized spacial score (nSPS) is 14.0. The maximum Gasteiger partial charge on any atom is 0.123 e. The van der Waals surface area contributed by atoms with E-state index in [2.05, 4.69) is 47.2 Å². The van der Waals surface area contributed by atoms with Crippen LogP contribution < -0.4 is 5.32 Å². The lowest BCUT2D eigenvalue weighted by Crippen LogP contribution is -2.24. The third-order valence-electron chi connectivity index (χ3n) is 3.48. The summed E-state index contributed by atoms with van der Waals surface area (Å²) in [4.78, 5) is 0. The standard InChI is InChI=1S/C17H19BrFN/c1-3-17(14-5-4-6-15(18)11-14)20-12(2)13-7-9-16(19)10-8-13/h4-12,17,20H,3H2,1-2H3/t12-,17?/m0/s1. The molecule has 1 nitrogen and oxygen atoms in total. The SMILES string of the molecule is CCC(N[C@@H](C)c1ccc(F)cc1)c1cccc(Br)c1. The van der Waals surface area contributed by atoms with Crippen LogP contribution in [0.15, 0.2) is 53.0 Å². The largest absolute Gasteiger partial charge is 0.303 e. The van der Waals surface area contributed by atoms with Gasteiger partial charge in [0.1, 0.15) is 5.82 Å². The monoisotopic (exact) mass is 335 g/mol. The number of rotatable bonds is 5. The van der Waals surface area contributed by atoms with Gasteiger partial charge in [-0.15, -0.1) is 0 Å². The van der Waals surface area contributed by atoms with Gasteiger partial charge in [-0.2, -0.15) is 0 Å². The topological polar surface area (TPSA) is 12.0 Å². The van der Waals surface area contributed by atoms with E-state index >= 15 is 0 Å². The quantitative estimate of drug-likeness (QED) is 0.772. The Kier molecular flexibility index (Phi) is 5.32. The zero-order valence-electron chi connectivity index (χ0n) is 11.7. The Bertz CT molecular complexity index is 553. The first kappa shape index (κ1) is 15.2. The molecular formula is C17H19BrFN. The van der Waals surface area contributed by atoms with Gasteiger partial charge >= 0.3 is 0 Å². The van der Waals surface area contributed by atoms with E-state index in [4.69, 9.17) is 0 Å². The van der Waals surface area contributed by atoms with Gasteiger partial charge in [-0.05, 0) is 48.7 Å². The second-order valence-corrected chi connectivity index (χ2v) is 5.87. The van der Waals surface area contributed by atoms with Crippen molar-refractivity contribution in [1.29, 1.82) is 0 Å². The van der Waals surface area contributed by atoms with Gasteiger partial charge < -0.3 is 5.32 Å². The van der Waals surface area contributed by atoms with Crippen molar-refractivity contribution in [2.75, 3.05) is 0 Å². The van der Waals surface area contributed by atoms with Gasteiger partial charge in [0.05, 0.1) is 0 Å². The highest BCUT2D eigenvalue weighted by molar-refractivity contribution is 9.10. The van der Waals surface area contributed by atoms with E-state index in [0.29, 0.717) is 0 Å². The van der Waals surface area contributed by atoms with E-state index in [1.54, 1.807) is 0 Å². The molecule has 0 amide bonds. The molecule has 0 aliphatic heterocycles. The van der Waals surface area contributed by atoms with Crippen molar-refractivity contribution in [2.24, 2.45) is 0 Å². The Morgan fingerprint density at radius 2 is 1.80 bits per heavy atom. The van der Waals surface area contributed by atoms with Crippen LogP contribution in [-0.2, 0) is 0 Å². The van der Waals surface area contributed by atoms with Crippen molar-refractivity contribution in [2.45, 2.75) is 32.4 Å². The van der Waals surface area contributed by atoms with Crippen molar-refractivity contribution in [1.82, 2.24) is 5.32 Å². The number of benzene rings is 2. The summed E-state index contributed by atoms with van der Waals surface area (Å²) >= 11 is 3.51. The number of hydrogen-bond acceptors (Lipinski definition) is 1. The van der Waals surface area contributed by atoms with Gasteiger partial charge in [-0.3, -0.25) is 0 Å². The van der Waals surface area contributed by atoms with Crippen LogP contribution in [0, 0.1) is 5.82 Å². The Morgan fingerprint density at radius 3 is 2.40 bits per heavy atom. The van der Waals surface area contributed by atoms with E-state index in [-0.39, 0.29) is 17.9 Å². The minimum absolute atomic E-state index is 0.180. The lowest BCUT2D eigenvalue weighted by atomic mass is 10.0. The van der Waals surface area contributed by atoms with Gasteiger partial charge in [0.15, 0.2) is 0 Å². The lowest BCUT2D eigenvalue weighted by Gasteiger charge is -2.23. The molecule has 106 valence electrons. The van der Waals surface area contributed by atoms with Crippen LogP contribution in [0.25, 0.3) is 0 Å². The van der Waals surface area contributed by atoms with Crippen LogP contribution in [0.2, 0.25) is 0 Å². The average molecular weight is 336 g/mol. The predicted molar refractivity (Wildman–Crippen MR) is 85.1 cm³/mol. The van der Waals surface area contributed by atoms with Crippen molar-refractivity contribution >= 4 is 15.9 Å². The van der Waals surface area contributed by atoms with Crippen LogP contribution in [0.4, 0.5) is 4.39 Å². The second kappa shape index (κ2) is 7.00. The summed E-state index contributed by atoms with van der Waals surface area (Å²) in [5.74, 6) is -0.194. The zero-order chi connectivity index (χ0) is 14.5. The molecule has 1 N–H and O–H groups in total. The molecule has 0 aliphatic rings. The smallest absolute Gasteiger partial charge is 0.123 e. The fraction of sp³-hybridized carbons (Fsp3) is 0.294. The van der Waals surface area contributed by atoms with Crippen LogP contribution in [-0.4, -0.2) is 0 Å². The van der Waals surface area contributed by atoms with Crippen molar-refractivity contribution in [3.8, 4) is 0 Å². The lowest BCUT2D eigenvalue weighted by molar-refractivity contribution is 0.456. The van der Waals surface area contributed by atoms with E-state index in [1.165, 1.54) is 17.7 Å². The maximum absolute atomic E-state index is 13.0. The van der Waals surface area contributed by atoms with Crippen molar-refractivity contribution < 1.29 is 4.39 Å². The highest BCUT2D eigenvalue weighted by Crippen LogP contribution is 2.24. The van der Waals surface area contributed by atoms with Crippen LogP contribution >= 0.6 is 15.9 Å². The summed E-state index contributed by atoms with van der Waals surface area (Å²) in [6.45, 7) is 4.27. The van der Waals surface area contributed by atoms with Gasteiger partial charge in [0, 0.05) is 16.6 Å². The molecule has 0 aliphatic carbocycles. The van der Waals surface area contributed by atoms with Gasteiger partial charge in [0.25, 0.3) is 0 Å². The highest BCUT2D eigenvalue weighted by Gasteiger charge is 2.14. The number of nitrogens with one attached hydrogen (secondary N) is 1. The summed E-state index contributed by atoms with van der Waals surface area (Å²) in [5.41, 5.74) is 2.36. The number of halogens is 2. The van der Waals surface area contributed by atoms with Crippen LogP contribution in [0.1, 0.15) is 43.5 Å². The molecule has 20 heavy (non-hydrogen) atoms. The van der Waals surface area contributed by atoms with Crippen LogP contribution in [0.3, 0.4) is 0 Å². The third kappa shape index (κ3) is 3.90. The first-order valence-corrected chi connectivity index (χ1v) is 7.66. The Hall–Kier alpha value is -1.19. The van der Waals surface area contributed by atoms with Crippen LogP contribution in [0.5, 0.6) is 0 Å². The predicted octanol–water partition coefficient (Wildman–Crippen LogP) is 5.39. The molecule has 0 spiro atoms.